The van der Waals surface area contributed by atoms with E-state index in [-0.39, 0.29) is 17.7 Å². The zero-order valence-corrected chi connectivity index (χ0v) is 14.1. The van der Waals surface area contributed by atoms with Crippen LogP contribution in [-0.2, 0) is 9.84 Å². The quantitative estimate of drug-likeness (QED) is 0.854. The minimum Gasteiger partial charge on any atom is -0.345 e. The largest absolute Gasteiger partial charge is 0.345 e. The molecular formula is C16H20N4O3S. The first kappa shape index (κ1) is 15.6. The summed E-state index contributed by atoms with van der Waals surface area (Å²) in [5.74, 6) is 0.557. The zero-order chi connectivity index (χ0) is 16.7. The number of pyridine rings is 1. The Morgan fingerprint density at radius 3 is 2.75 bits per heavy atom. The lowest BCUT2D eigenvalue weighted by Crippen LogP contribution is -2.52. The molecule has 0 unspecified atom stereocenters. The molecular weight excluding hydrogens is 328 g/mol. The van der Waals surface area contributed by atoms with Gasteiger partial charge in [0.1, 0.15) is 5.65 Å². The van der Waals surface area contributed by atoms with Crippen LogP contribution in [0, 0.1) is 0 Å². The van der Waals surface area contributed by atoms with Crippen molar-refractivity contribution < 1.29 is 13.2 Å². The molecule has 24 heavy (non-hydrogen) atoms. The van der Waals surface area contributed by atoms with Crippen molar-refractivity contribution in [1.29, 1.82) is 0 Å². The molecule has 2 saturated heterocycles. The van der Waals surface area contributed by atoms with Gasteiger partial charge in [0.25, 0.3) is 5.91 Å². The summed E-state index contributed by atoms with van der Waals surface area (Å²) >= 11 is 0. The summed E-state index contributed by atoms with van der Waals surface area (Å²) in [6.45, 7) is 2.71. The molecule has 2 aromatic heterocycles. The van der Waals surface area contributed by atoms with Crippen LogP contribution in [0.2, 0.25) is 0 Å². The second-order valence-corrected chi connectivity index (χ2v) is 8.72. The van der Waals surface area contributed by atoms with Crippen LogP contribution in [0.15, 0.2) is 24.5 Å². The highest BCUT2D eigenvalue weighted by Gasteiger charge is 2.34. The Morgan fingerprint density at radius 2 is 2.04 bits per heavy atom. The molecule has 4 rings (SSSR count). The lowest BCUT2D eigenvalue weighted by Gasteiger charge is -2.37. The van der Waals surface area contributed by atoms with Crippen LogP contribution < -0.4 is 0 Å². The Hall–Kier alpha value is -1.93. The van der Waals surface area contributed by atoms with Gasteiger partial charge in [0, 0.05) is 50.0 Å². The van der Waals surface area contributed by atoms with E-state index in [0.717, 1.165) is 24.1 Å². The molecule has 0 spiro atoms. The van der Waals surface area contributed by atoms with Crippen LogP contribution in [0.25, 0.3) is 11.0 Å². The second kappa shape index (κ2) is 5.86. The van der Waals surface area contributed by atoms with Crippen molar-refractivity contribution in [2.45, 2.75) is 12.5 Å². The number of hydrogen-bond acceptors (Lipinski definition) is 5. The van der Waals surface area contributed by atoms with Crippen molar-refractivity contribution in [3.8, 4) is 0 Å². The number of nitrogens with zero attached hydrogens (tertiary/aromatic N) is 3. The van der Waals surface area contributed by atoms with E-state index in [0.29, 0.717) is 30.8 Å². The number of H-pyrrole nitrogens is 1. The zero-order valence-electron chi connectivity index (χ0n) is 13.3. The van der Waals surface area contributed by atoms with Crippen LogP contribution in [-0.4, -0.2) is 77.8 Å². The van der Waals surface area contributed by atoms with E-state index in [1.807, 2.05) is 17.0 Å². The summed E-state index contributed by atoms with van der Waals surface area (Å²) in [5, 5.41) is 0.840. The summed E-state index contributed by atoms with van der Waals surface area (Å²) in [4.78, 5) is 24.1. The number of carbonyl (C=O) groups excluding carboxylic acids is 1. The van der Waals surface area contributed by atoms with Crippen molar-refractivity contribution in [3.63, 3.8) is 0 Å². The monoisotopic (exact) mass is 348 g/mol. The van der Waals surface area contributed by atoms with E-state index in [1.165, 1.54) is 0 Å². The van der Waals surface area contributed by atoms with Crippen molar-refractivity contribution in [2.24, 2.45) is 0 Å². The summed E-state index contributed by atoms with van der Waals surface area (Å²) in [7, 11) is -2.87. The molecule has 128 valence electrons. The Balaban J connectivity index is 1.43. The van der Waals surface area contributed by atoms with Gasteiger partial charge >= 0.3 is 0 Å². The van der Waals surface area contributed by atoms with E-state index in [2.05, 4.69) is 14.9 Å². The number of sulfone groups is 1. The van der Waals surface area contributed by atoms with Crippen LogP contribution in [0.4, 0.5) is 0 Å². The normalized spacial score (nSPS) is 24.5. The molecule has 4 heterocycles. The summed E-state index contributed by atoms with van der Waals surface area (Å²) < 4.78 is 23.3. The number of aromatic amines is 1. The second-order valence-electron chi connectivity index (χ2n) is 6.49. The molecule has 0 aromatic carbocycles. The van der Waals surface area contributed by atoms with Gasteiger partial charge in [-0.2, -0.15) is 0 Å². The first-order chi connectivity index (χ1) is 11.5. The Labute approximate surface area is 140 Å². The number of carbonyl (C=O) groups is 1. The van der Waals surface area contributed by atoms with Gasteiger partial charge in [0.15, 0.2) is 9.84 Å². The maximum absolute atomic E-state index is 12.8. The average Bonchev–Trinajstić information content (AvgIpc) is 3.17. The van der Waals surface area contributed by atoms with Crippen molar-refractivity contribution in [2.75, 3.05) is 37.7 Å². The molecule has 0 radical (unpaired) electrons. The van der Waals surface area contributed by atoms with Crippen molar-refractivity contribution in [3.05, 3.63) is 30.1 Å². The fourth-order valence-corrected chi connectivity index (χ4v) is 5.42. The molecule has 2 aromatic rings. The topological polar surface area (TPSA) is 86.4 Å². The number of hydrogen-bond donors (Lipinski definition) is 1. The standard InChI is InChI=1S/C16H20N4O3S/c21-16(14-10-18-15-13(14)2-1-4-17-15)20-7-5-19(6-8-20)12-3-9-24(22,23)11-12/h1-2,4,10,12H,3,5-9,11H2,(H,17,18)/t12-/m0/s1. The Kier molecular flexibility index (Phi) is 3.80. The first-order valence-electron chi connectivity index (χ1n) is 8.19. The molecule has 0 bridgehead atoms. The molecule has 0 aliphatic carbocycles. The van der Waals surface area contributed by atoms with Crippen LogP contribution in [0.5, 0.6) is 0 Å². The number of piperazine rings is 1. The SMILES string of the molecule is O=C(c1c[nH]c2ncccc12)N1CCN([C@H]2CCS(=O)(=O)C2)CC1. The predicted octanol–water partition coefficient (Wildman–Crippen LogP) is 0.508. The maximum Gasteiger partial charge on any atom is 0.256 e. The van der Waals surface area contributed by atoms with Gasteiger partial charge in [-0.25, -0.2) is 13.4 Å². The van der Waals surface area contributed by atoms with Crippen LogP contribution >= 0.6 is 0 Å². The minimum absolute atomic E-state index is 0.00736. The third kappa shape index (κ3) is 2.80. The first-order valence-corrected chi connectivity index (χ1v) is 10.0. The summed E-state index contributed by atoms with van der Waals surface area (Å²) in [6.07, 6.45) is 4.13. The number of rotatable bonds is 2. The van der Waals surface area contributed by atoms with Crippen molar-refractivity contribution >= 4 is 26.8 Å². The van der Waals surface area contributed by atoms with Gasteiger partial charge in [-0.1, -0.05) is 0 Å². The van der Waals surface area contributed by atoms with E-state index >= 15 is 0 Å². The van der Waals surface area contributed by atoms with E-state index in [1.54, 1.807) is 12.4 Å². The summed E-state index contributed by atoms with van der Waals surface area (Å²) in [6, 6.07) is 3.83. The number of aromatic nitrogens is 2. The van der Waals surface area contributed by atoms with Gasteiger partial charge in [-0.3, -0.25) is 9.69 Å². The van der Waals surface area contributed by atoms with Crippen LogP contribution in [0.1, 0.15) is 16.8 Å². The van der Waals surface area contributed by atoms with Gasteiger partial charge in [0.05, 0.1) is 17.1 Å². The molecule has 2 fully saturated rings. The molecule has 1 amide bonds. The molecule has 1 N–H and O–H groups in total. The molecule has 7 nitrogen and oxygen atoms in total. The average molecular weight is 348 g/mol. The smallest absolute Gasteiger partial charge is 0.256 e. The predicted molar refractivity (Wildman–Crippen MR) is 90.6 cm³/mol. The van der Waals surface area contributed by atoms with Gasteiger partial charge in [-0.05, 0) is 18.6 Å². The van der Waals surface area contributed by atoms with Crippen LogP contribution in [0.3, 0.4) is 0 Å². The number of amides is 1. The van der Waals surface area contributed by atoms with E-state index < -0.39 is 9.84 Å². The molecule has 2 aliphatic rings. The Bertz CT molecular complexity index is 868. The maximum atomic E-state index is 12.8. The molecule has 1 atom stereocenters. The summed E-state index contributed by atoms with van der Waals surface area (Å²) in [5.41, 5.74) is 1.37. The molecule has 2 aliphatic heterocycles. The fraction of sp³-hybridized carbons (Fsp3) is 0.500. The molecule has 8 heteroatoms. The van der Waals surface area contributed by atoms with Gasteiger partial charge in [0.2, 0.25) is 0 Å². The lowest BCUT2D eigenvalue weighted by molar-refractivity contribution is 0.0589. The molecule has 0 saturated carbocycles. The Morgan fingerprint density at radius 1 is 1.25 bits per heavy atom. The van der Waals surface area contributed by atoms with E-state index in [9.17, 15) is 13.2 Å². The third-order valence-corrected chi connectivity index (χ3v) is 6.76. The number of nitrogens with one attached hydrogen (secondary N) is 1. The minimum atomic E-state index is -2.87. The number of fused-ring (bicyclic) bond motifs is 1. The van der Waals surface area contributed by atoms with Crippen molar-refractivity contribution in [1.82, 2.24) is 19.8 Å². The van der Waals surface area contributed by atoms with Gasteiger partial charge < -0.3 is 9.88 Å². The van der Waals surface area contributed by atoms with Gasteiger partial charge in [-0.15, -0.1) is 0 Å². The highest BCUT2D eigenvalue weighted by Crippen LogP contribution is 2.21. The van der Waals surface area contributed by atoms with E-state index in [4.69, 9.17) is 0 Å². The highest BCUT2D eigenvalue weighted by molar-refractivity contribution is 7.91. The fourth-order valence-electron chi connectivity index (χ4n) is 3.66. The highest BCUT2D eigenvalue weighted by atomic mass is 32.2. The third-order valence-electron chi connectivity index (χ3n) is 5.01. The lowest BCUT2D eigenvalue weighted by atomic mass is 10.1.